The average Bonchev–Trinajstić information content (AvgIpc) is 3.24. The van der Waals surface area contributed by atoms with Crippen LogP contribution < -0.4 is 5.32 Å². The summed E-state index contributed by atoms with van der Waals surface area (Å²) < 4.78 is 5.45. The van der Waals surface area contributed by atoms with Crippen molar-refractivity contribution in [2.24, 2.45) is 0 Å². The van der Waals surface area contributed by atoms with Crippen molar-refractivity contribution in [2.45, 2.75) is 57.5 Å². The molecule has 23 heavy (non-hydrogen) atoms. The maximum Gasteiger partial charge on any atom is 0.237 e. The highest BCUT2D eigenvalue weighted by molar-refractivity contribution is 7.11. The molecule has 0 aliphatic carbocycles. The van der Waals surface area contributed by atoms with Gasteiger partial charge in [-0.1, -0.05) is 6.92 Å². The highest BCUT2D eigenvalue weighted by Crippen LogP contribution is 2.25. The zero-order chi connectivity index (χ0) is 16.1. The summed E-state index contributed by atoms with van der Waals surface area (Å²) in [6, 6.07) is 0.577. The fraction of sp³-hybridized carbons (Fsp3) is 0.765. The lowest BCUT2D eigenvalue weighted by molar-refractivity contribution is -0.126. The van der Waals surface area contributed by atoms with E-state index in [0.717, 1.165) is 63.3 Å². The number of aromatic nitrogens is 1. The van der Waals surface area contributed by atoms with E-state index in [2.05, 4.69) is 22.1 Å². The molecule has 1 atom stereocenters. The van der Waals surface area contributed by atoms with Gasteiger partial charge in [0.2, 0.25) is 5.91 Å². The number of carbonyl (C=O) groups excluding carboxylic acids is 1. The van der Waals surface area contributed by atoms with Crippen LogP contribution >= 0.6 is 11.3 Å². The van der Waals surface area contributed by atoms with E-state index >= 15 is 0 Å². The van der Waals surface area contributed by atoms with Crippen LogP contribution in [-0.2, 0) is 22.4 Å². The maximum atomic E-state index is 12.5. The summed E-state index contributed by atoms with van der Waals surface area (Å²) in [5, 5.41) is 4.24. The number of ether oxygens (including phenoxy) is 1. The fourth-order valence-corrected chi connectivity index (χ4v) is 4.42. The summed E-state index contributed by atoms with van der Waals surface area (Å²) >= 11 is 1.75. The van der Waals surface area contributed by atoms with E-state index in [1.54, 1.807) is 11.3 Å². The predicted molar refractivity (Wildman–Crippen MR) is 91.8 cm³/mol. The van der Waals surface area contributed by atoms with Gasteiger partial charge in [-0.05, 0) is 38.6 Å². The van der Waals surface area contributed by atoms with Gasteiger partial charge in [-0.25, -0.2) is 4.98 Å². The van der Waals surface area contributed by atoms with E-state index in [0.29, 0.717) is 12.6 Å². The number of amides is 1. The number of hydrogen-bond donors (Lipinski definition) is 1. The number of rotatable bonds is 6. The second kappa shape index (κ2) is 8.22. The van der Waals surface area contributed by atoms with Gasteiger partial charge in [0.05, 0.1) is 11.0 Å². The molecule has 2 saturated heterocycles. The van der Waals surface area contributed by atoms with Crippen LogP contribution in [0.2, 0.25) is 0 Å². The summed E-state index contributed by atoms with van der Waals surface area (Å²) in [7, 11) is 0. The Morgan fingerprint density at radius 1 is 1.43 bits per heavy atom. The van der Waals surface area contributed by atoms with Crippen LogP contribution in [0.5, 0.6) is 0 Å². The first-order chi connectivity index (χ1) is 11.3. The molecule has 1 N–H and O–H groups in total. The minimum absolute atomic E-state index is 0.0561. The summed E-state index contributed by atoms with van der Waals surface area (Å²) in [5.74, 6) is 0.196. The van der Waals surface area contributed by atoms with Gasteiger partial charge < -0.3 is 10.1 Å². The number of nitrogens with one attached hydrogen (secondary N) is 1. The second-order valence-corrected chi connectivity index (χ2v) is 7.55. The van der Waals surface area contributed by atoms with Crippen molar-refractivity contribution in [2.75, 3.05) is 26.3 Å². The number of nitrogens with zero attached hydrogens (tertiary/aromatic N) is 2. The molecule has 1 amide bonds. The Bertz CT molecular complexity index is 514. The Hall–Kier alpha value is -0.980. The van der Waals surface area contributed by atoms with Crippen molar-refractivity contribution < 1.29 is 9.53 Å². The first-order valence-electron chi connectivity index (χ1n) is 8.82. The van der Waals surface area contributed by atoms with Crippen LogP contribution in [0, 0.1) is 0 Å². The van der Waals surface area contributed by atoms with Gasteiger partial charge in [0.1, 0.15) is 0 Å². The highest BCUT2D eigenvalue weighted by Gasteiger charge is 2.35. The van der Waals surface area contributed by atoms with Gasteiger partial charge in [-0.2, -0.15) is 0 Å². The van der Waals surface area contributed by atoms with Crippen molar-refractivity contribution in [1.82, 2.24) is 15.2 Å². The minimum Gasteiger partial charge on any atom is -0.381 e. The lowest BCUT2D eigenvalue weighted by Crippen LogP contribution is -2.49. The molecule has 2 fully saturated rings. The first kappa shape index (κ1) is 16.9. The third-order valence-corrected chi connectivity index (χ3v) is 6.05. The van der Waals surface area contributed by atoms with Gasteiger partial charge in [-0.3, -0.25) is 9.69 Å². The average molecular weight is 337 g/mol. The molecule has 0 bridgehead atoms. The molecular formula is C17H27N3O2S. The molecule has 3 heterocycles. The molecule has 2 aliphatic rings. The molecule has 1 aromatic heterocycles. The fourth-order valence-electron chi connectivity index (χ4n) is 3.56. The Labute approximate surface area is 142 Å². The Balaban J connectivity index is 1.46. The summed E-state index contributed by atoms with van der Waals surface area (Å²) in [6.07, 6.45) is 8.05. The monoisotopic (exact) mass is 337 g/mol. The predicted octanol–water partition coefficient (Wildman–Crippen LogP) is 2.01. The van der Waals surface area contributed by atoms with Gasteiger partial charge in [-0.15, -0.1) is 11.3 Å². The molecule has 0 spiro atoms. The number of carbonyl (C=O) groups is 1. The standard InChI is InChI=1S/C17H27N3O2S/c1-2-14-12-19-16(23-14)5-8-18-17(21)15-4-3-9-20(15)13-6-10-22-11-7-13/h12-13,15H,2-11H2,1H3,(H,18,21). The van der Waals surface area contributed by atoms with E-state index in [1.165, 1.54) is 4.88 Å². The van der Waals surface area contributed by atoms with E-state index in [1.807, 2.05) is 6.20 Å². The van der Waals surface area contributed by atoms with Crippen LogP contribution in [0.3, 0.4) is 0 Å². The van der Waals surface area contributed by atoms with Gasteiger partial charge in [0.25, 0.3) is 0 Å². The smallest absolute Gasteiger partial charge is 0.237 e. The third-order valence-electron chi connectivity index (χ3n) is 4.84. The SMILES string of the molecule is CCc1cnc(CCNC(=O)C2CCCN2C2CCOCC2)s1. The highest BCUT2D eigenvalue weighted by atomic mass is 32.1. The van der Waals surface area contributed by atoms with E-state index in [-0.39, 0.29) is 11.9 Å². The molecule has 128 valence electrons. The zero-order valence-electron chi connectivity index (χ0n) is 13.9. The van der Waals surface area contributed by atoms with Gasteiger partial charge >= 0.3 is 0 Å². The Kier molecular flexibility index (Phi) is 6.02. The number of thiazole rings is 1. The largest absolute Gasteiger partial charge is 0.381 e. The van der Waals surface area contributed by atoms with Crippen molar-refractivity contribution in [3.8, 4) is 0 Å². The molecule has 6 heteroatoms. The molecule has 1 unspecified atom stereocenters. The first-order valence-corrected chi connectivity index (χ1v) is 9.64. The van der Waals surface area contributed by atoms with E-state index in [9.17, 15) is 4.79 Å². The van der Waals surface area contributed by atoms with Crippen LogP contribution in [0.1, 0.15) is 42.5 Å². The number of aryl methyl sites for hydroxylation is 1. The van der Waals surface area contributed by atoms with Crippen molar-refractivity contribution in [3.63, 3.8) is 0 Å². The van der Waals surface area contributed by atoms with Gasteiger partial charge in [0.15, 0.2) is 0 Å². The lowest BCUT2D eigenvalue weighted by Gasteiger charge is -2.34. The quantitative estimate of drug-likeness (QED) is 0.863. The van der Waals surface area contributed by atoms with E-state index < -0.39 is 0 Å². The van der Waals surface area contributed by atoms with Crippen LogP contribution in [0.25, 0.3) is 0 Å². The molecule has 2 aliphatic heterocycles. The van der Waals surface area contributed by atoms with Crippen molar-refractivity contribution in [1.29, 1.82) is 0 Å². The Morgan fingerprint density at radius 3 is 3.00 bits per heavy atom. The molecule has 0 aromatic carbocycles. The minimum atomic E-state index is 0.0561. The maximum absolute atomic E-state index is 12.5. The molecule has 1 aromatic rings. The normalized spacial score (nSPS) is 23.3. The molecule has 5 nitrogen and oxygen atoms in total. The molecule has 0 radical (unpaired) electrons. The van der Waals surface area contributed by atoms with Crippen molar-refractivity contribution in [3.05, 3.63) is 16.1 Å². The molecule has 0 saturated carbocycles. The molecule has 3 rings (SSSR count). The Morgan fingerprint density at radius 2 is 2.26 bits per heavy atom. The number of likely N-dealkylation sites (tertiary alicyclic amines) is 1. The summed E-state index contributed by atoms with van der Waals surface area (Å²) in [4.78, 5) is 20.7. The number of hydrogen-bond acceptors (Lipinski definition) is 5. The zero-order valence-corrected chi connectivity index (χ0v) is 14.7. The summed E-state index contributed by atoms with van der Waals surface area (Å²) in [6.45, 7) is 5.55. The third kappa shape index (κ3) is 4.31. The van der Waals surface area contributed by atoms with Crippen LogP contribution in [0.15, 0.2) is 6.20 Å². The topological polar surface area (TPSA) is 54.5 Å². The second-order valence-electron chi connectivity index (χ2n) is 6.35. The lowest BCUT2D eigenvalue weighted by atomic mass is 10.1. The van der Waals surface area contributed by atoms with E-state index in [4.69, 9.17) is 4.74 Å². The molecular weight excluding hydrogens is 310 g/mol. The van der Waals surface area contributed by atoms with Crippen molar-refractivity contribution >= 4 is 17.2 Å². The summed E-state index contributed by atoms with van der Waals surface area (Å²) in [5.41, 5.74) is 0. The van der Waals surface area contributed by atoms with Crippen LogP contribution in [0.4, 0.5) is 0 Å². The van der Waals surface area contributed by atoms with Crippen LogP contribution in [-0.4, -0.2) is 54.2 Å². The van der Waals surface area contributed by atoms with Gasteiger partial charge in [0, 0.05) is 43.3 Å².